The lowest BCUT2D eigenvalue weighted by Gasteiger charge is -2.26. The fourth-order valence-corrected chi connectivity index (χ4v) is 5.95. The average molecular weight is 427 g/mol. The van der Waals surface area contributed by atoms with Crippen molar-refractivity contribution in [2.24, 2.45) is 7.05 Å². The molecule has 2 unspecified atom stereocenters. The molecule has 1 fully saturated rings. The van der Waals surface area contributed by atoms with Crippen LogP contribution in [-0.4, -0.2) is 56.7 Å². The van der Waals surface area contributed by atoms with Gasteiger partial charge in [0.1, 0.15) is 17.4 Å². The summed E-state index contributed by atoms with van der Waals surface area (Å²) in [6.07, 6.45) is 10.3. The Morgan fingerprint density at radius 1 is 1.23 bits per heavy atom. The van der Waals surface area contributed by atoms with Crippen LogP contribution in [0.5, 0.6) is 0 Å². The van der Waals surface area contributed by atoms with Crippen molar-refractivity contribution in [2.45, 2.75) is 32.1 Å². The fourth-order valence-electron chi connectivity index (χ4n) is 4.16. The van der Waals surface area contributed by atoms with E-state index in [0.717, 1.165) is 64.4 Å². The Hall–Kier alpha value is -2.72. The smallest absolute Gasteiger partial charge is 0.227 e. The summed E-state index contributed by atoms with van der Waals surface area (Å²) < 4.78 is 14.1. The van der Waals surface area contributed by atoms with E-state index in [-0.39, 0.29) is 0 Å². The predicted molar refractivity (Wildman–Crippen MR) is 120 cm³/mol. The molecule has 0 radical (unpaired) electrons. The van der Waals surface area contributed by atoms with Gasteiger partial charge in [0.05, 0.1) is 23.8 Å². The first-order valence-corrected chi connectivity index (χ1v) is 12.5. The molecule has 1 aliphatic rings. The summed E-state index contributed by atoms with van der Waals surface area (Å²) in [5, 5.41) is 12.3. The van der Waals surface area contributed by atoms with Gasteiger partial charge in [-0.2, -0.15) is 10.2 Å². The number of aromatic nitrogens is 7. The van der Waals surface area contributed by atoms with Crippen LogP contribution in [0.1, 0.15) is 36.4 Å². The number of pyridine rings is 1. The van der Waals surface area contributed by atoms with Gasteiger partial charge in [-0.05, 0) is 55.6 Å². The second-order valence-corrected chi connectivity index (χ2v) is 11.5. The maximum atomic E-state index is 10.5. The van der Waals surface area contributed by atoms with E-state index < -0.39 is 10.3 Å². The third-order valence-corrected chi connectivity index (χ3v) is 8.20. The summed E-state index contributed by atoms with van der Waals surface area (Å²) in [5.74, 6) is 2.63. The van der Waals surface area contributed by atoms with Crippen molar-refractivity contribution in [1.29, 1.82) is 0 Å². The van der Waals surface area contributed by atoms with Gasteiger partial charge < -0.3 is 9.87 Å². The molecule has 30 heavy (non-hydrogen) atoms. The van der Waals surface area contributed by atoms with Gasteiger partial charge in [-0.3, -0.25) is 4.68 Å². The van der Waals surface area contributed by atoms with Crippen LogP contribution >= 0.6 is 10.3 Å². The Balaban J connectivity index is 1.50. The van der Waals surface area contributed by atoms with Crippen molar-refractivity contribution < 1.29 is 4.55 Å². The minimum atomic E-state index is -1.47. The number of anilines is 2. The summed E-state index contributed by atoms with van der Waals surface area (Å²) in [4.78, 5) is 13.6. The first-order chi connectivity index (χ1) is 14.4. The molecule has 5 heterocycles. The van der Waals surface area contributed by atoms with Crippen LogP contribution in [-0.2, 0) is 7.05 Å². The van der Waals surface area contributed by atoms with Crippen molar-refractivity contribution >= 4 is 38.6 Å². The van der Waals surface area contributed by atoms with E-state index in [4.69, 9.17) is 10.1 Å². The van der Waals surface area contributed by atoms with Crippen molar-refractivity contribution in [3.05, 3.63) is 36.0 Å². The Kier molecular flexibility index (Phi) is 4.62. The molecule has 5 rings (SSSR count). The number of hydrogen-bond donors (Lipinski definition) is 2. The molecule has 0 amide bonds. The molecule has 9 nitrogen and oxygen atoms in total. The standard InChI is InChI=1S/C20H26N8OS/c1-13-9-17-22-12-23-28(17)11-15(13)24-20-21-10-16-19(25-20)18(26-27(16)2)14-5-4-7-30(3,29)8-6-14/h9-12,14,29H,4-8H2,1-3H3,(H,21,24,25). The number of nitrogens with one attached hydrogen (secondary N) is 1. The highest BCUT2D eigenvalue weighted by molar-refractivity contribution is 8.28. The molecule has 0 aliphatic carbocycles. The highest BCUT2D eigenvalue weighted by Crippen LogP contribution is 2.47. The van der Waals surface area contributed by atoms with Gasteiger partial charge in [0.2, 0.25) is 5.95 Å². The van der Waals surface area contributed by atoms with Gasteiger partial charge >= 0.3 is 0 Å². The third kappa shape index (κ3) is 3.50. The molecule has 4 aromatic rings. The number of hydrogen-bond acceptors (Lipinski definition) is 7. The van der Waals surface area contributed by atoms with Crippen molar-refractivity contribution in [3.63, 3.8) is 0 Å². The van der Waals surface area contributed by atoms with Crippen LogP contribution in [0.4, 0.5) is 11.6 Å². The van der Waals surface area contributed by atoms with E-state index in [1.54, 1.807) is 4.52 Å². The van der Waals surface area contributed by atoms with Gasteiger partial charge in [0.25, 0.3) is 0 Å². The first kappa shape index (κ1) is 19.3. The minimum Gasteiger partial charge on any atom is -0.352 e. The van der Waals surface area contributed by atoms with Gasteiger partial charge in [-0.1, -0.05) is 0 Å². The van der Waals surface area contributed by atoms with Crippen molar-refractivity contribution in [2.75, 3.05) is 23.1 Å². The van der Waals surface area contributed by atoms with E-state index >= 15 is 0 Å². The highest BCUT2D eigenvalue weighted by Gasteiger charge is 2.27. The summed E-state index contributed by atoms with van der Waals surface area (Å²) in [6.45, 7) is 2.02. The molecule has 4 aromatic heterocycles. The predicted octanol–water partition coefficient (Wildman–Crippen LogP) is 3.63. The first-order valence-electron chi connectivity index (χ1n) is 10.1. The second-order valence-electron chi connectivity index (χ2n) is 8.25. The Morgan fingerprint density at radius 2 is 2.10 bits per heavy atom. The van der Waals surface area contributed by atoms with Gasteiger partial charge in [-0.15, -0.1) is 10.3 Å². The quantitative estimate of drug-likeness (QED) is 0.515. The maximum absolute atomic E-state index is 10.5. The molecule has 0 bridgehead atoms. The normalized spacial score (nSPS) is 24.6. The number of fused-ring (bicyclic) bond motifs is 2. The Labute approximate surface area is 176 Å². The summed E-state index contributed by atoms with van der Waals surface area (Å²) in [5.41, 5.74) is 5.54. The Bertz CT molecular complexity index is 1230. The highest BCUT2D eigenvalue weighted by atomic mass is 32.3. The molecule has 0 spiro atoms. The molecular weight excluding hydrogens is 400 g/mol. The zero-order chi connectivity index (χ0) is 20.9. The molecule has 1 saturated heterocycles. The van der Waals surface area contributed by atoms with Crippen LogP contribution in [0.2, 0.25) is 0 Å². The molecule has 0 aromatic carbocycles. The second kappa shape index (κ2) is 7.21. The summed E-state index contributed by atoms with van der Waals surface area (Å²) in [6, 6.07) is 1.98. The van der Waals surface area contributed by atoms with Crippen molar-refractivity contribution in [1.82, 2.24) is 34.3 Å². The number of nitrogens with zero attached hydrogens (tertiary/aromatic N) is 7. The lowest BCUT2D eigenvalue weighted by atomic mass is 9.96. The van der Waals surface area contributed by atoms with Crippen LogP contribution in [0.3, 0.4) is 0 Å². The zero-order valence-corrected chi connectivity index (χ0v) is 18.2. The monoisotopic (exact) mass is 426 g/mol. The minimum absolute atomic E-state index is 0.311. The largest absolute Gasteiger partial charge is 0.352 e. The third-order valence-electron chi connectivity index (χ3n) is 5.92. The SMILES string of the molecule is Cc1cc2ncnn2cc1Nc1ncc2c(n1)c(C1CCCS(C)(O)CC1)nn2C. The van der Waals surface area contributed by atoms with E-state index in [0.29, 0.717) is 11.9 Å². The van der Waals surface area contributed by atoms with Gasteiger partial charge in [-0.25, -0.2) is 19.5 Å². The van der Waals surface area contributed by atoms with Crippen LogP contribution < -0.4 is 5.32 Å². The van der Waals surface area contributed by atoms with E-state index in [1.807, 2.05) is 43.4 Å². The molecule has 10 heteroatoms. The molecule has 2 N–H and O–H groups in total. The molecule has 158 valence electrons. The van der Waals surface area contributed by atoms with Gasteiger partial charge in [0.15, 0.2) is 5.65 Å². The molecule has 1 aliphatic heterocycles. The van der Waals surface area contributed by atoms with Crippen LogP contribution in [0.25, 0.3) is 16.7 Å². The summed E-state index contributed by atoms with van der Waals surface area (Å²) in [7, 11) is 0.467. The lowest BCUT2D eigenvalue weighted by molar-refractivity contribution is 0.585. The van der Waals surface area contributed by atoms with E-state index in [9.17, 15) is 4.55 Å². The number of rotatable bonds is 3. The van der Waals surface area contributed by atoms with Crippen molar-refractivity contribution in [3.8, 4) is 0 Å². The molecular formula is C20H26N8OS. The fraction of sp³-hybridized carbons (Fsp3) is 0.450. The maximum Gasteiger partial charge on any atom is 0.227 e. The topological polar surface area (TPSA) is 106 Å². The number of aryl methyl sites for hydroxylation is 2. The summed E-state index contributed by atoms with van der Waals surface area (Å²) >= 11 is 0. The average Bonchev–Trinajstić information content (AvgIpc) is 3.23. The Morgan fingerprint density at radius 3 is 2.97 bits per heavy atom. The van der Waals surface area contributed by atoms with Gasteiger partial charge in [0, 0.05) is 13.0 Å². The van der Waals surface area contributed by atoms with Crippen LogP contribution in [0, 0.1) is 6.92 Å². The zero-order valence-electron chi connectivity index (χ0n) is 17.4. The van der Waals surface area contributed by atoms with Crippen LogP contribution in [0.15, 0.2) is 24.8 Å². The van der Waals surface area contributed by atoms with E-state index in [1.165, 1.54) is 6.33 Å². The van der Waals surface area contributed by atoms with E-state index in [2.05, 4.69) is 20.4 Å². The molecule has 2 atom stereocenters. The molecule has 0 saturated carbocycles. The lowest BCUT2D eigenvalue weighted by Crippen LogP contribution is -2.06.